The fourth-order valence-electron chi connectivity index (χ4n) is 3.94. The molecule has 0 heterocycles. The quantitative estimate of drug-likeness (QED) is 0.0901. The van der Waals surface area contributed by atoms with Crippen LogP contribution in [0, 0.1) is 5.92 Å². The number of nitrogens with one attached hydrogen (secondary N) is 1. The van der Waals surface area contributed by atoms with Crippen LogP contribution >= 0.6 is 0 Å². The average Bonchev–Trinajstić information content (AvgIpc) is 2.83. The highest BCUT2D eigenvalue weighted by atomic mass is 16.6. The number of aryl methyl sites for hydroxylation is 1. The van der Waals surface area contributed by atoms with Gasteiger partial charge in [-0.3, -0.25) is 4.79 Å². The summed E-state index contributed by atoms with van der Waals surface area (Å²) < 4.78 is 0. The number of nitrogens with zero attached hydrogens (tertiary/aromatic N) is 1. The third-order valence-corrected chi connectivity index (χ3v) is 6.13. The number of hydrogen-bond acceptors (Lipinski definition) is 3. The van der Waals surface area contributed by atoms with Crippen molar-refractivity contribution in [3.63, 3.8) is 0 Å². The lowest BCUT2D eigenvalue weighted by atomic mass is 9.97. The highest BCUT2D eigenvalue weighted by molar-refractivity contribution is 6.01. The van der Waals surface area contributed by atoms with Gasteiger partial charge in [0.2, 0.25) is 5.91 Å². The monoisotopic (exact) mass is 470 g/mol. The maximum Gasteiger partial charge on any atom is 0.220 e. The molecular weight excluding hydrogens is 420 g/mol. The summed E-state index contributed by atoms with van der Waals surface area (Å²) in [6.45, 7) is 12.8. The van der Waals surface area contributed by atoms with Crippen molar-refractivity contribution in [1.82, 2.24) is 5.32 Å². The maximum atomic E-state index is 11.9. The van der Waals surface area contributed by atoms with Gasteiger partial charge in [-0.15, -0.1) is 0 Å². The second kappa shape index (κ2) is 19.2. The van der Waals surface area contributed by atoms with Gasteiger partial charge in [-0.05, 0) is 36.3 Å². The summed E-state index contributed by atoms with van der Waals surface area (Å²) >= 11 is 0. The molecule has 1 aromatic rings. The Morgan fingerprint density at radius 3 is 2.03 bits per heavy atom. The SMILES string of the molecule is C=C(CNC(=O)CCCCCC)O/N=C(/c1ccc(CCCCCCCCCC)cc1)C(C)C. The summed E-state index contributed by atoms with van der Waals surface area (Å²) in [6.07, 6.45) is 16.8. The van der Waals surface area contributed by atoms with E-state index in [9.17, 15) is 4.79 Å². The molecule has 0 aliphatic heterocycles. The van der Waals surface area contributed by atoms with E-state index < -0.39 is 0 Å². The molecule has 4 heteroatoms. The summed E-state index contributed by atoms with van der Waals surface area (Å²) in [7, 11) is 0. The fourth-order valence-corrected chi connectivity index (χ4v) is 3.94. The van der Waals surface area contributed by atoms with Gasteiger partial charge >= 0.3 is 0 Å². The minimum Gasteiger partial charge on any atom is -0.360 e. The fraction of sp³-hybridized carbons (Fsp3) is 0.667. The topological polar surface area (TPSA) is 50.7 Å². The van der Waals surface area contributed by atoms with Gasteiger partial charge in [0.25, 0.3) is 0 Å². The molecule has 0 bridgehead atoms. The van der Waals surface area contributed by atoms with Crippen LogP contribution in [0.5, 0.6) is 0 Å². The molecule has 0 atom stereocenters. The number of carbonyl (C=O) groups excluding carboxylic acids is 1. The van der Waals surface area contributed by atoms with Crippen LogP contribution in [0.25, 0.3) is 0 Å². The van der Waals surface area contributed by atoms with Crippen LogP contribution in [-0.4, -0.2) is 18.2 Å². The van der Waals surface area contributed by atoms with Gasteiger partial charge in [-0.25, -0.2) is 0 Å². The Bertz CT molecular complexity index is 707. The van der Waals surface area contributed by atoms with E-state index in [1.54, 1.807) is 0 Å². The van der Waals surface area contributed by atoms with Gasteiger partial charge in [0.1, 0.15) is 5.76 Å². The molecule has 0 aliphatic carbocycles. The first-order valence-corrected chi connectivity index (χ1v) is 13.8. The van der Waals surface area contributed by atoms with Crippen LogP contribution in [0.3, 0.4) is 0 Å². The van der Waals surface area contributed by atoms with Crippen molar-refractivity contribution in [2.45, 2.75) is 118 Å². The smallest absolute Gasteiger partial charge is 0.220 e. The van der Waals surface area contributed by atoms with Gasteiger partial charge < -0.3 is 10.2 Å². The summed E-state index contributed by atoms with van der Waals surface area (Å²) in [4.78, 5) is 17.5. The van der Waals surface area contributed by atoms with E-state index >= 15 is 0 Å². The van der Waals surface area contributed by atoms with Crippen molar-refractivity contribution in [1.29, 1.82) is 0 Å². The van der Waals surface area contributed by atoms with Crippen molar-refractivity contribution in [3.05, 3.63) is 47.7 Å². The number of oxime groups is 1. The van der Waals surface area contributed by atoms with Crippen molar-refractivity contribution >= 4 is 11.6 Å². The molecule has 0 saturated heterocycles. The maximum absolute atomic E-state index is 11.9. The molecule has 192 valence electrons. The molecule has 1 aromatic carbocycles. The number of benzene rings is 1. The van der Waals surface area contributed by atoms with Crippen LogP contribution in [0.2, 0.25) is 0 Å². The third kappa shape index (κ3) is 14.2. The van der Waals surface area contributed by atoms with E-state index in [1.165, 1.54) is 69.8 Å². The zero-order valence-electron chi connectivity index (χ0n) is 22.5. The Labute approximate surface area is 209 Å². The minimum atomic E-state index is 0.0426. The number of rotatable bonds is 20. The third-order valence-electron chi connectivity index (χ3n) is 6.13. The molecule has 0 saturated carbocycles. The first-order chi connectivity index (χ1) is 16.5. The second-order valence-electron chi connectivity index (χ2n) is 9.77. The predicted octanol–water partition coefficient (Wildman–Crippen LogP) is 8.35. The lowest BCUT2D eigenvalue weighted by Crippen LogP contribution is -2.25. The van der Waals surface area contributed by atoms with E-state index in [0.29, 0.717) is 18.7 Å². The molecule has 1 N–H and O–H groups in total. The summed E-state index contributed by atoms with van der Waals surface area (Å²) in [5, 5.41) is 7.24. The number of hydrogen-bond donors (Lipinski definition) is 1. The van der Waals surface area contributed by atoms with Gasteiger partial charge in [-0.2, -0.15) is 0 Å². The lowest BCUT2D eigenvalue weighted by molar-refractivity contribution is -0.121. The van der Waals surface area contributed by atoms with Crippen molar-refractivity contribution in [2.24, 2.45) is 11.1 Å². The van der Waals surface area contributed by atoms with E-state index in [2.05, 4.69) is 69.0 Å². The average molecular weight is 471 g/mol. The molecule has 34 heavy (non-hydrogen) atoms. The predicted molar refractivity (Wildman–Crippen MR) is 146 cm³/mol. The van der Waals surface area contributed by atoms with Gasteiger partial charge in [0.05, 0.1) is 12.3 Å². The van der Waals surface area contributed by atoms with Crippen molar-refractivity contribution in [2.75, 3.05) is 6.54 Å². The first-order valence-electron chi connectivity index (χ1n) is 13.8. The molecule has 1 rings (SSSR count). The molecule has 1 amide bonds. The standard InChI is InChI=1S/C30H50N2O2/c1-6-8-10-12-13-14-15-16-18-27-20-22-28(23-21-27)30(25(3)4)32-34-26(5)24-31-29(33)19-17-11-9-7-2/h20-23,25H,5-19,24H2,1-4H3,(H,31,33)/b32-30+. The number of amides is 1. The lowest BCUT2D eigenvalue weighted by Gasteiger charge is -2.12. The van der Waals surface area contributed by atoms with Crippen LogP contribution in [0.15, 0.2) is 41.8 Å². The summed E-state index contributed by atoms with van der Waals surface area (Å²) in [5.74, 6) is 0.715. The summed E-state index contributed by atoms with van der Waals surface area (Å²) in [6, 6.07) is 8.70. The molecule has 0 fully saturated rings. The van der Waals surface area contributed by atoms with E-state index in [0.717, 1.165) is 30.5 Å². The van der Waals surface area contributed by atoms with Crippen molar-refractivity contribution < 1.29 is 9.63 Å². The number of carbonyl (C=O) groups is 1. The highest BCUT2D eigenvalue weighted by Gasteiger charge is 2.11. The Hall–Kier alpha value is -2.10. The highest BCUT2D eigenvalue weighted by Crippen LogP contribution is 2.15. The molecule has 0 radical (unpaired) electrons. The molecule has 0 spiro atoms. The zero-order valence-corrected chi connectivity index (χ0v) is 22.5. The first kappa shape index (κ1) is 29.9. The Morgan fingerprint density at radius 1 is 0.882 bits per heavy atom. The Morgan fingerprint density at radius 2 is 1.44 bits per heavy atom. The van der Waals surface area contributed by atoms with Crippen molar-refractivity contribution in [3.8, 4) is 0 Å². The molecule has 0 aromatic heterocycles. The largest absolute Gasteiger partial charge is 0.360 e. The van der Waals surface area contributed by atoms with Crippen LogP contribution in [0.4, 0.5) is 0 Å². The van der Waals surface area contributed by atoms with E-state index in [4.69, 9.17) is 4.84 Å². The normalized spacial score (nSPS) is 11.6. The minimum absolute atomic E-state index is 0.0426. The van der Waals surface area contributed by atoms with E-state index in [1.807, 2.05) is 0 Å². The van der Waals surface area contributed by atoms with Gasteiger partial charge in [-0.1, -0.05) is 128 Å². The van der Waals surface area contributed by atoms with Crippen LogP contribution < -0.4 is 5.32 Å². The molecule has 0 unspecified atom stereocenters. The summed E-state index contributed by atoms with van der Waals surface area (Å²) in [5.41, 5.74) is 3.35. The van der Waals surface area contributed by atoms with Crippen LogP contribution in [-0.2, 0) is 16.1 Å². The number of unbranched alkanes of at least 4 members (excludes halogenated alkanes) is 10. The second-order valence-corrected chi connectivity index (χ2v) is 9.77. The van der Waals surface area contributed by atoms with Gasteiger partial charge in [0, 0.05) is 6.42 Å². The molecular formula is C30H50N2O2. The molecule has 4 nitrogen and oxygen atoms in total. The van der Waals surface area contributed by atoms with E-state index in [-0.39, 0.29) is 11.8 Å². The Balaban J connectivity index is 2.41. The molecule has 0 aliphatic rings. The Kier molecular flexibility index (Phi) is 16.9. The van der Waals surface area contributed by atoms with Gasteiger partial charge in [0.15, 0.2) is 0 Å². The van der Waals surface area contributed by atoms with Crippen LogP contribution in [0.1, 0.15) is 122 Å². The zero-order chi connectivity index (χ0) is 25.0.